The maximum absolute atomic E-state index is 6.38. The van der Waals surface area contributed by atoms with Crippen LogP contribution in [0.1, 0.15) is 5.56 Å². The van der Waals surface area contributed by atoms with E-state index in [-0.39, 0.29) is 0 Å². The maximum Gasteiger partial charge on any atom is 0.182 e. The number of aromatic amines is 1. The van der Waals surface area contributed by atoms with Gasteiger partial charge in [-0.25, -0.2) is 0 Å². The van der Waals surface area contributed by atoms with Crippen LogP contribution in [0.25, 0.3) is 16.9 Å². The minimum absolute atomic E-state index is 0.579. The molecule has 1 aromatic heterocycles. The summed E-state index contributed by atoms with van der Waals surface area (Å²) in [6.45, 7) is 1.92. The quantitative estimate of drug-likeness (QED) is 0.586. The average Bonchev–Trinajstić information content (AvgIpc) is 2.85. The number of imidazole rings is 1. The molecule has 0 atom stereocenters. The zero-order valence-electron chi connectivity index (χ0n) is 11.2. The lowest BCUT2D eigenvalue weighted by atomic mass is 10.1. The number of nitrogens with one attached hydrogen (secondary N) is 1. The van der Waals surface area contributed by atoms with Crippen LogP contribution in [0.2, 0.25) is 10.0 Å². The number of H-pyrrole nitrogens is 1. The summed E-state index contributed by atoms with van der Waals surface area (Å²) in [4.78, 5) is 3.07. The van der Waals surface area contributed by atoms with Gasteiger partial charge in [0.15, 0.2) is 4.77 Å². The first-order chi connectivity index (χ1) is 10.1. The smallest absolute Gasteiger partial charge is 0.182 e. The number of nitrogens with zero attached hydrogens (tertiary/aromatic N) is 1. The van der Waals surface area contributed by atoms with Crippen molar-refractivity contribution in [1.82, 2.24) is 9.55 Å². The molecular weight excluding hydrogens is 323 g/mol. The Kier molecular flexibility index (Phi) is 3.89. The van der Waals surface area contributed by atoms with Crippen LogP contribution in [0.3, 0.4) is 0 Å². The van der Waals surface area contributed by atoms with Gasteiger partial charge in [-0.15, -0.1) is 0 Å². The van der Waals surface area contributed by atoms with E-state index < -0.39 is 0 Å². The number of benzene rings is 2. The fourth-order valence-electron chi connectivity index (χ4n) is 2.24. The Bertz CT molecular complexity index is 850. The van der Waals surface area contributed by atoms with Gasteiger partial charge in [0, 0.05) is 16.8 Å². The number of aryl methyl sites for hydroxylation is 1. The van der Waals surface area contributed by atoms with E-state index in [9.17, 15) is 0 Å². The lowest BCUT2D eigenvalue weighted by Crippen LogP contribution is -1.98. The molecule has 0 radical (unpaired) electrons. The third-order valence-electron chi connectivity index (χ3n) is 3.31. The molecule has 0 saturated heterocycles. The van der Waals surface area contributed by atoms with Gasteiger partial charge in [0.05, 0.1) is 16.4 Å². The molecule has 2 nitrogen and oxygen atoms in total. The predicted octanol–water partition coefficient (Wildman–Crippen LogP) is 5.82. The largest absolute Gasteiger partial charge is 0.336 e. The second-order valence-corrected chi connectivity index (χ2v) is 5.93. The summed E-state index contributed by atoms with van der Waals surface area (Å²) >= 11 is 18.0. The molecule has 3 aromatic rings. The van der Waals surface area contributed by atoms with Gasteiger partial charge in [-0.05, 0) is 36.8 Å². The van der Waals surface area contributed by atoms with Crippen LogP contribution in [0.15, 0.2) is 48.7 Å². The summed E-state index contributed by atoms with van der Waals surface area (Å²) < 4.78 is 2.48. The first-order valence-corrected chi connectivity index (χ1v) is 7.56. The van der Waals surface area contributed by atoms with Gasteiger partial charge in [0.25, 0.3) is 0 Å². The highest BCUT2D eigenvalue weighted by atomic mass is 35.5. The van der Waals surface area contributed by atoms with Gasteiger partial charge in [-0.3, -0.25) is 4.57 Å². The molecule has 0 amide bonds. The van der Waals surface area contributed by atoms with Crippen molar-refractivity contribution in [2.45, 2.75) is 6.92 Å². The fourth-order valence-corrected chi connectivity index (χ4v) is 2.95. The first kappa shape index (κ1) is 14.4. The van der Waals surface area contributed by atoms with Gasteiger partial charge in [-0.2, -0.15) is 0 Å². The molecule has 5 heteroatoms. The van der Waals surface area contributed by atoms with Crippen molar-refractivity contribution in [2.75, 3.05) is 0 Å². The van der Waals surface area contributed by atoms with Crippen LogP contribution in [0, 0.1) is 11.7 Å². The predicted molar refractivity (Wildman–Crippen MR) is 91.1 cm³/mol. The molecule has 1 heterocycles. The van der Waals surface area contributed by atoms with Crippen LogP contribution in [-0.4, -0.2) is 9.55 Å². The van der Waals surface area contributed by atoms with Crippen molar-refractivity contribution < 1.29 is 0 Å². The topological polar surface area (TPSA) is 20.7 Å². The second kappa shape index (κ2) is 5.68. The van der Waals surface area contributed by atoms with Crippen molar-refractivity contribution in [1.29, 1.82) is 0 Å². The minimum atomic E-state index is 0.579. The Morgan fingerprint density at radius 3 is 2.48 bits per heavy atom. The van der Waals surface area contributed by atoms with Gasteiger partial charge >= 0.3 is 0 Å². The summed E-state index contributed by atoms with van der Waals surface area (Å²) in [6.07, 6.45) is 1.88. The second-order valence-electron chi connectivity index (χ2n) is 4.73. The molecule has 0 fully saturated rings. The van der Waals surface area contributed by atoms with Crippen molar-refractivity contribution in [3.63, 3.8) is 0 Å². The molecule has 0 bridgehead atoms. The van der Waals surface area contributed by atoms with Gasteiger partial charge in [0.1, 0.15) is 0 Å². The zero-order valence-corrected chi connectivity index (χ0v) is 13.6. The standard InChI is InChI=1S/C16H12Cl2N2S/c1-10-7-13(18)14(8-12(10)17)20-15(9-19-16(20)21)11-5-3-2-4-6-11/h2-9H,1H3,(H,19,21). The van der Waals surface area contributed by atoms with E-state index in [1.165, 1.54) is 0 Å². The molecule has 0 aliphatic carbocycles. The zero-order chi connectivity index (χ0) is 15.0. The van der Waals surface area contributed by atoms with E-state index in [1.807, 2.05) is 60.2 Å². The molecule has 0 spiro atoms. The lowest BCUT2D eigenvalue weighted by Gasteiger charge is -2.12. The third-order valence-corrected chi connectivity index (χ3v) is 4.33. The van der Waals surface area contributed by atoms with Crippen LogP contribution in [-0.2, 0) is 0 Å². The Morgan fingerprint density at radius 1 is 1.05 bits per heavy atom. The number of aromatic nitrogens is 2. The highest BCUT2D eigenvalue weighted by molar-refractivity contribution is 7.71. The Hall–Kier alpha value is -1.55. The summed E-state index contributed by atoms with van der Waals surface area (Å²) in [6, 6.07) is 13.7. The monoisotopic (exact) mass is 334 g/mol. The first-order valence-electron chi connectivity index (χ1n) is 6.40. The molecule has 21 heavy (non-hydrogen) atoms. The molecule has 0 aliphatic rings. The summed E-state index contributed by atoms with van der Waals surface area (Å²) in [5.74, 6) is 0. The summed E-state index contributed by atoms with van der Waals surface area (Å²) in [7, 11) is 0. The van der Waals surface area contributed by atoms with Crippen LogP contribution in [0.4, 0.5) is 0 Å². The molecule has 0 unspecified atom stereocenters. The van der Waals surface area contributed by atoms with E-state index in [4.69, 9.17) is 35.4 Å². The van der Waals surface area contributed by atoms with Gasteiger partial charge in [-0.1, -0.05) is 53.5 Å². The van der Waals surface area contributed by atoms with Crippen LogP contribution < -0.4 is 0 Å². The van der Waals surface area contributed by atoms with Gasteiger partial charge < -0.3 is 4.98 Å². The van der Waals surface area contributed by atoms with E-state index in [0.717, 1.165) is 22.5 Å². The maximum atomic E-state index is 6.38. The SMILES string of the molecule is Cc1cc(Cl)c(-n2c(-c3ccccc3)c[nH]c2=S)cc1Cl. The molecule has 2 aromatic carbocycles. The number of hydrogen-bond donors (Lipinski definition) is 1. The molecule has 106 valence electrons. The van der Waals surface area contributed by atoms with E-state index in [2.05, 4.69) is 4.98 Å². The van der Waals surface area contributed by atoms with Crippen molar-refractivity contribution in [3.8, 4) is 16.9 Å². The number of halogens is 2. The molecule has 3 rings (SSSR count). The molecular formula is C16H12Cl2N2S. The van der Waals surface area contributed by atoms with E-state index in [0.29, 0.717) is 14.8 Å². The molecule has 1 N–H and O–H groups in total. The summed E-state index contributed by atoms with van der Waals surface area (Å²) in [5, 5.41) is 1.28. The van der Waals surface area contributed by atoms with Crippen LogP contribution >= 0.6 is 35.4 Å². The summed E-state index contributed by atoms with van der Waals surface area (Å²) in [5.41, 5.74) is 3.71. The van der Waals surface area contributed by atoms with Crippen molar-refractivity contribution >= 4 is 35.4 Å². The highest BCUT2D eigenvalue weighted by Gasteiger charge is 2.13. The number of rotatable bonds is 2. The third kappa shape index (κ3) is 2.64. The lowest BCUT2D eigenvalue weighted by molar-refractivity contribution is 1.04. The van der Waals surface area contributed by atoms with Crippen molar-refractivity contribution in [2.24, 2.45) is 0 Å². The van der Waals surface area contributed by atoms with Crippen molar-refractivity contribution in [3.05, 3.63) is 69.0 Å². The molecule has 0 saturated carbocycles. The highest BCUT2D eigenvalue weighted by Crippen LogP contribution is 2.31. The number of hydrogen-bond acceptors (Lipinski definition) is 1. The Morgan fingerprint density at radius 2 is 1.76 bits per heavy atom. The molecule has 0 aliphatic heterocycles. The minimum Gasteiger partial charge on any atom is -0.336 e. The van der Waals surface area contributed by atoms with E-state index in [1.54, 1.807) is 0 Å². The normalized spacial score (nSPS) is 10.8. The van der Waals surface area contributed by atoms with Crippen LogP contribution in [0.5, 0.6) is 0 Å². The van der Waals surface area contributed by atoms with E-state index >= 15 is 0 Å². The Labute approximate surface area is 138 Å². The fraction of sp³-hybridized carbons (Fsp3) is 0.0625. The average molecular weight is 335 g/mol. The van der Waals surface area contributed by atoms with Gasteiger partial charge in [0.2, 0.25) is 0 Å². The Balaban J connectivity index is 2.27.